The predicted octanol–water partition coefficient (Wildman–Crippen LogP) is 5.83. The molecule has 2 aromatic heterocycles. The highest BCUT2D eigenvalue weighted by molar-refractivity contribution is 7.98. The Labute approximate surface area is 243 Å². The number of carbonyl (C=O) groups is 2. The molecule has 2 amide bonds. The third-order valence-electron chi connectivity index (χ3n) is 8.95. The van der Waals surface area contributed by atoms with Crippen molar-refractivity contribution in [2.75, 3.05) is 19.3 Å². The summed E-state index contributed by atoms with van der Waals surface area (Å²) in [4.78, 5) is 44.1. The van der Waals surface area contributed by atoms with Gasteiger partial charge in [0, 0.05) is 64.2 Å². The molecule has 1 aliphatic heterocycles. The van der Waals surface area contributed by atoms with Gasteiger partial charge in [-0.05, 0) is 70.8 Å². The van der Waals surface area contributed by atoms with Gasteiger partial charge >= 0.3 is 0 Å². The quantitative estimate of drug-likeness (QED) is 0.342. The van der Waals surface area contributed by atoms with Crippen LogP contribution in [0.15, 0.2) is 40.0 Å². The lowest BCUT2D eigenvalue weighted by Crippen LogP contribution is -2.38. The Balaban J connectivity index is 1.33. The largest absolute Gasteiger partial charge is 0.348 e. The summed E-state index contributed by atoms with van der Waals surface area (Å²) >= 11 is 1.48. The second-order valence-electron chi connectivity index (χ2n) is 11.6. The first-order valence-corrected chi connectivity index (χ1v) is 15.5. The molecule has 10 heteroatoms. The number of hydrogen-bond donors (Lipinski definition) is 2. The van der Waals surface area contributed by atoms with E-state index in [0.717, 1.165) is 40.0 Å². The van der Waals surface area contributed by atoms with Crippen molar-refractivity contribution in [2.24, 2.45) is 11.8 Å². The molecule has 0 spiro atoms. The number of H-pyrrole nitrogens is 1. The summed E-state index contributed by atoms with van der Waals surface area (Å²) in [6.45, 7) is 5.75. The number of rotatable bonds is 7. The van der Waals surface area contributed by atoms with Crippen molar-refractivity contribution in [1.29, 1.82) is 0 Å². The molecule has 0 radical (unpaired) electrons. The van der Waals surface area contributed by atoms with Gasteiger partial charge in [-0.1, -0.05) is 18.2 Å². The van der Waals surface area contributed by atoms with Crippen molar-refractivity contribution in [2.45, 2.75) is 76.3 Å². The van der Waals surface area contributed by atoms with Crippen LogP contribution < -0.4 is 10.9 Å². The van der Waals surface area contributed by atoms with Crippen molar-refractivity contribution in [3.05, 3.63) is 63.2 Å². The highest BCUT2D eigenvalue weighted by Gasteiger charge is 2.42. The molecule has 0 bridgehead atoms. The molecule has 2 fully saturated rings. The van der Waals surface area contributed by atoms with E-state index in [-0.39, 0.29) is 48.8 Å². The van der Waals surface area contributed by atoms with Gasteiger partial charge in [-0.3, -0.25) is 14.4 Å². The number of aromatic amines is 1. The first-order valence-electron chi connectivity index (χ1n) is 14.3. The first kappa shape index (κ1) is 29.4. The number of nitrogens with zero attached hydrogens (tertiary/aromatic N) is 2. The summed E-state index contributed by atoms with van der Waals surface area (Å²) < 4.78 is 29.5. The van der Waals surface area contributed by atoms with Gasteiger partial charge in [0.2, 0.25) is 5.91 Å². The second-order valence-corrected chi connectivity index (χ2v) is 12.4. The number of hydrogen-bond acceptors (Lipinski definition) is 4. The third kappa shape index (κ3) is 5.80. The van der Waals surface area contributed by atoms with Crippen molar-refractivity contribution in [3.8, 4) is 0 Å². The van der Waals surface area contributed by atoms with Crippen molar-refractivity contribution in [3.63, 3.8) is 0 Å². The molecule has 220 valence electrons. The number of thioether (sulfide) groups is 1. The molecular formula is C31H38F2N4O3S. The van der Waals surface area contributed by atoms with Crippen molar-refractivity contribution < 1.29 is 18.4 Å². The molecule has 1 saturated heterocycles. The number of halogens is 2. The van der Waals surface area contributed by atoms with E-state index in [0.29, 0.717) is 29.9 Å². The number of nitrogens with one attached hydrogen (secondary N) is 2. The van der Waals surface area contributed by atoms with E-state index in [1.807, 2.05) is 50.4 Å². The number of likely N-dealkylation sites (tertiary alicyclic amines) is 1. The number of fused-ring (bicyclic) bond motifs is 1. The van der Waals surface area contributed by atoms with Gasteiger partial charge < -0.3 is 19.8 Å². The summed E-state index contributed by atoms with van der Waals surface area (Å²) in [5.41, 5.74) is 3.54. The maximum Gasteiger partial charge on any atom is 0.267 e. The number of amides is 2. The molecule has 1 saturated carbocycles. The Kier molecular flexibility index (Phi) is 8.32. The van der Waals surface area contributed by atoms with Crippen LogP contribution in [-0.4, -0.2) is 51.5 Å². The number of aryl methyl sites for hydroxylation is 1. The zero-order chi connectivity index (χ0) is 29.5. The van der Waals surface area contributed by atoms with Crippen LogP contribution >= 0.6 is 11.8 Å². The number of para-hydroxylation sites is 1. The molecule has 1 atom stereocenters. The van der Waals surface area contributed by atoms with Crippen LogP contribution in [0.25, 0.3) is 10.9 Å². The van der Waals surface area contributed by atoms with Crippen molar-refractivity contribution in [1.82, 2.24) is 19.8 Å². The number of benzene rings is 1. The summed E-state index contributed by atoms with van der Waals surface area (Å²) in [6, 6.07) is 9.85. The fourth-order valence-corrected chi connectivity index (χ4v) is 7.44. The summed E-state index contributed by atoms with van der Waals surface area (Å²) in [5.74, 6) is -3.04. The predicted molar refractivity (Wildman–Crippen MR) is 158 cm³/mol. The van der Waals surface area contributed by atoms with Gasteiger partial charge in [0.1, 0.15) is 0 Å². The minimum atomic E-state index is -2.77. The Morgan fingerprint density at radius 2 is 1.88 bits per heavy atom. The van der Waals surface area contributed by atoms with E-state index in [2.05, 4.69) is 21.8 Å². The molecule has 1 aromatic carbocycles. The van der Waals surface area contributed by atoms with Gasteiger partial charge in [-0.2, -0.15) is 0 Å². The van der Waals surface area contributed by atoms with Gasteiger partial charge in [0.15, 0.2) is 0 Å². The van der Waals surface area contributed by atoms with Crippen LogP contribution in [0.1, 0.15) is 72.4 Å². The minimum Gasteiger partial charge on any atom is -0.348 e. The van der Waals surface area contributed by atoms with E-state index < -0.39 is 12.5 Å². The Bertz CT molecular complexity index is 1520. The summed E-state index contributed by atoms with van der Waals surface area (Å²) in [5, 5.41) is 3.84. The fraction of sp³-hybridized carbons (Fsp3) is 0.516. The lowest BCUT2D eigenvalue weighted by molar-refractivity contribution is -0.137. The Morgan fingerprint density at radius 3 is 2.54 bits per heavy atom. The van der Waals surface area contributed by atoms with Crippen LogP contribution in [0.2, 0.25) is 0 Å². The normalized spacial score (nSPS) is 21.3. The molecule has 1 aliphatic carbocycles. The highest BCUT2D eigenvalue weighted by Crippen LogP contribution is 2.40. The Morgan fingerprint density at radius 1 is 1.17 bits per heavy atom. The maximum absolute atomic E-state index is 13.7. The molecule has 3 aromatic rings. The van der Waals surface area contributed by atoms with Gasteiger partial charge in [-0.15, -0.1) is 11.8 Å². The number of alkyl halides is 2. The van der Waals surface area contributed by atoms with E-state index in [1.54, 1.807) is 0 Å². The zero-order valence-corrected chi connectivity index (χ0v) is 24.9. The molecule has 2 aliphatic rings. The smallest absolute Gasteiger partial charge is 0.267 e. The number of carbonyl (C=O) groups excluding carboxylic acids is 2. The molecule has 7 nitrogen and oxygen atoms in total. The van der Waals surface area contributed by atoms with Crippen LogP contribution in [0.5, 0.6) is 0 Å². The van der Waals surface area contributed by atoms with Crippen LogP contribution in [0.4, 0.5) is 8.78 Å². The average Bonchev–Trinajstić information content (AvgIpc) is 3.46. The molecule has 5 rings (SSSR count). The maximum atomic E-state index is 13.7. The van der Waals surface area contributed by atoms with Crippen LogP contribution in [0, 0.1) is 25.7 Å². The first-order chi connectivity index (χ1) is 19.5. The average molecular weight is 585 g/mol. The van der Waals surface area contributed by atoms with E-state index >= 15 is 0 Å². The molecule has 2 N–H and O–H groups in total. The standard InChI is InChI=1S/C31H38F2N4O3S/c1-18-15-26(41-4)24(28(38)35-18)16-34-29(39)27-20(3)37(25-8-6-5-7-23(25)27)19(2)21-9-11-22(12-10-21)30(40)36-14-13-31(32,33)17-36/h5-8,15,19,21-22H,9-14,16-17H2,1-4H3,(H,34,39)(H,35,38)/t19-,21?,22?/m1/s1. The topological polar surface area (TPSA) is 87.2 Å². The van der Waals surface area contributed by atoms with E-state index in [1.165, 1.54) is 16.7 Å². The van der Waals surface area contributed by atoms with Crippen LogP contribution in [-0.2, 0) is 11.3 Å². The van der Waals surface area contributed by atoms with E-state index in [9.17, 15) is 23.2 Å². The van der Waals surface area contributed by atoms with Gasteiger partial charge in [0.05, 0.1) is 12.1 Å². The monoisotopic (exact) mass is 584 g/mol. The SMILES string of the molecule is CSc1cc(C)[nH]c(=O)c1CNC(=O)c1c(C)n([C@H](C)C2CCC(C(=O)N3CCC(F)(F)C3)CC2)c2ccccc12. The van der Waals surface area contributed by atoms with Gasteiger partial charge in [0.25, 0.3) is 17.4 Å². The highest BCUT2D eigenvalue weighted by atomic mass is 32.2. The molecular weight excluding hydrogens is 546 g/mol. The zero-order valence-electron chi connectivity index (χ0n) is 24.1. The fourth-order valence-electron chi connectivity index (χ4n) is 6.74. The molecule has 41 heavy (non-hydrogen) atoms. The van der Waals surface area contributed by atoms with Gasteiger partial charge in [-0.25, -0.2) is 8.78 Å². The minimum absolute atomic E-state index is 0.0802. The van der Waals surface area contributed by atoms with E-state index in [4.69, 9.17) is 0 Å². The molecule has 0 unspecified atom stereocenters. The van der Waals surface area contributed by atoms with Crippen molar-refractivity contribution >= 4 is 34.5 Å². The molecule has 3 heterocycles. The lowest BCUT2D eigenvalue weighted by atomic mass is 9.78. The Hall–Kier alpha value is -3.14. The summed E-state index contributed by atoms with van der Waals surface area (Å²) in [6.07, 6.45) is 4.68. The second kappa shape index (κ2) is 11.6. The lowest BCUT2D eigenvalue weighted by Gasteiger charge is -2.34. The third-order valence-corrected chi connectivity index (χ3v) is 9.75. The number of aromatic nitrogens is 2. The van der Waals surface area contributed by atoms with Crippen LogP contribution in [0.3, 0.4) is 0 Å². The summed E-state index contributed by atoms with van der Waals surface area (Å²) in [7, 11) is 0. The number of pyridine rings is 1.